The van der Waals surface area contributed by atoms with Crippen LogP contribution in [0.4, 0.5) is 0 Å². The number of ether oxygens (including phenoxy) is 3. The first-order valence-corrected chi connectivity index (χ1v) is 22.1. The van der Waals surface area contributed by atoms with E-state index in [9.17, 15) is 14.4 Å². The Balaban J connectivity index is 0.955. The average molecular weight is 902 g/mol. The van der Waals surface area contributed by atoms with Crippen LogP contribution in [0.3, 0.4) is 0 Å². The molecule has 0 radical (unpaired) electrons. The molecule has 1 fully saturated rings. The van der Waals surface area contributed by atoms with Crippen LogP contribution in [0.15, 0.2) is 218 Å². The van der Waals surface area contributed by atoms with Crippen molar-refractivity contribution in [1.82, 2.24) is 10.2 Å². The second-order valence-corrected chi connectivity index (χ2v) is 16.3. The first-order chi connectivity index (χ1) is 31.8. The van der Waals surface area contributed by atoms with Crippen LogP contribution in [0.1, 0.15) is 38.9 Å². The van der Waals surface area contributed by atoms with Gasteiger partial charge in [0.05, 0.1) is 6.61 Å². The molecular formula is C55H46Cl2N2O6. The van der Waals surface area contributed by atoms with Crippen LogP contribution in [0, 0.1) is 0 Å². The maximum atomic E-state index is 14.6. The molecule has 1 aliphatic heterocycles. The minimum absolute atomic E-state index is 0.0735. The second kappa shape index (κ2) is 20.2. The minimum atomic E-state index is -1.42. The second-order valence-electron chi connectivity index (χ2n) is 15.6. The van der Waals surface area contributed by atoms with Gasteiger partial charge in [-0.25, -0.2) is 4.79 Å². The number of nitrogens with one attached hydrogen (secondary N) is 1. The minimum Gasteiger partial charge on any atom is -0.473 e. The maximum Gasteiger partial charge on any atom is 0.334 e. The molecule has 0 bridgehead atoms. The zero-order valence-electron chi connectivity index (χ0n) is 35.3. The fourth-order valence-electron chi connectivity index (χ4n) is 8.38. The summed E-state index contributed by atoms with van der Waals surface area (Å²) in [6, 6.07) is 63.3. The molecule has 0 spiro atoms. The van der Waals surface area contributed by atoms with Gasteiger partial charge in [-0.05, 0) is 23.3 Å². The summed E-state index contributed by atoms with van der Waals surface area (Å²) in [5, 5.41) is 2.68. The molecule has 0 saturated carbocycles. The van der Waals surface area contributed by atoms with Gasteiger partial charge in [-0.2, -0.15) is 0 Å². The van der Waals surface area contributed by atoms with Crippen LogP contribution in [-0.2, 0) is 41.7 Å². The Morgan fingerprint density at radius 1 is 0.615 bits per heavy atom. The van der Waals surface area contributed by atoms with Crippen molar-refractivity contribution >= 4 is 41.0 Å². The van der Waals surface area contributed by atoms with Crippen molar-refractivity contribution in [3.63, 3.8) is 0 Å². The summed E-state index contributed by atoms with van der Waals surface area (Å²) in [5.41, 5.74) is 2.33. The molecule has 65 heavy (non-hydrogen) atoms. The van der Waals surface area contributed by atoms with E-state index >= 15 is 0 Å². The van der Waals surface area contributed by atoms with Crippen LogP contribution in [0.5, 0.6) is 5.75 Å². The van der Waals surface area contributed by atoms with Gasteiger partial charge in [0.15, 0.2) is 17.2 Å². The van der Waals surface area contributed by atoms with E-state index in [1.54, 1.807) is 0 Å². The Kier molecular flexibility index (Phi) is 13.9. The van der Waals surface area contributed by atoms with Gasteiger partial charge in [-0.3, -0.25) is 9.59 Å². The van der Waals surface area contributed by atoms with Crippen molar-refractivity contribution < 1.29 is 28.6 Å². The van der Waals surface area contributed by atoms with Crippen molar-refractivity contribution in [3.8, 4) is 5.75 Å². The molecule has 1 saturated heterocycles. The largest absolute Gasteiger partial charge is 0.473 e. The number of carbonyl (C=O) groups excluding carboxylic acids is 3. The number of esters is 1. The van der Waals surface area contributed by atoms with Crippen LogP contribution in [0.2, 0.25) is 0 Å². The molecule has 0 aliphatic carbocycles. The smallest absolute Gasteiger partial charge is 0.334 e. The number of β-lactam (4-membered cyclic amide) rings is 1. The summed E-state index contributed by atoms with van der Waals surface area (Å²) >= 11 is 13.2. The summed E-state index contributed by atoms with van der Waals surface area (Å²) < 4.78 is 19.5. The average Bonchev–Trinajstić information content (AvgIpc) is 3.37. The van der Waals surface area contributed by atoms with Gasteiger partial charge in [-0.15, -0.1) is 11.6 Å². The fraction of sp³-hybridized carbons (Fsp3) is 0.145. The summed E-state index contributed by atoms with van der Waals surface area (Å²) in [7, 11) is 0. The molecule has 0 aromatic heterocycles. The Bertz CT molecular complexity index is 2520. The highest BCUT2D eigenvalue weighted by molar-refractivity contribution is 6.27. The number of alkyl halides is 2. The van der Waals surface area contributed by atoms with Crippen LogP contribution >= 0.6 is 23.2 Å². The SMILES string of the molecule is C=C(CCl)C(C(=O)OC(c1ccccc1)(c1ccccc1)c1ccccc1)N1C(=O)C(NC(=O)COCc2cccc(OC(c3ccccc3)(c3ccccc3)c3ccccc3)c2)C1Cl. The van der Waals surface area contributed by atoms with Gasteiger partial charge < -0.3 is 24.4 Å². The van der Waals surface area contributed by atoms with Gasteiger partial charge in [-0.1, -0.05) is 212 Å². The van der Waals surface area contributed by atoms with Gasteiger partial charge in [0, 0.05) is 39.3 Å². The van der Waals surface area contributed by atoms with E-state index in [0.29, 0.717) is 22.4 Å². The molecule has 1 aliphatic rings. The molecule has 8 nitrogen and oxygen atoms in total. The number of hydrogen-bond acceptors (Lipinski definition) is 6. The number of nitrogens with zero attached hydrogens (tertiary/aromatic N) is 1. The van der Waals surface area contributed by atoms with Gasteiger partial charge in [0.2, 0.25) is 5.91 Å². The monoisotopic (exact) mass is 900 g/mol. The van der Waals surface area contributed by atoms with Crippen molar-refractivity contribution in [2.24, 2.45) is 0 Å². The Labute approximate surface area is 389 Å². The number of rotatable bonds is 18. The lowest BCUT2D eigenvalue weighted by molar-refractivity contribution is -0.169. The number of benzene rings is 7. The molecule has 2 amide bonds. The summed E-state index contributed by atoms with van der Waals surface area (Å²) in [6.45, 7) is 3.75. The molecule has 1 heterocycles. The quantitative estimate of drug-likeness (QED) is 0.0230. The fourth-order valence-corrected chi connectivity index (χ4v) is 8.90. The topological polar surface area (TPSA) is 94.2 Å². The normalized spacial score (nSPS) is 15.3. The van der Waals surface area contributed by atoms with Gasteiger partial charge in [0.25, 0.3) is 5.91 Å². The van der Waals surface area contributed by atoms with Crippen LogP contribution < -0.4 is 10.1 Å². The number of carbonyl (C=O) groups is 3. The Hall–Kier alpha value is -6.97. The van der Waals surface area contributed by atoms with E-state index in [1.807, 2.05) is 170 Å². The zero-order valence-corrected chi connectivity index (χ0v) is 36.9. The number of likely N-dealkylation sites (tertiary alicyclic amines) is 1. The lowest BCUT2D eigenvalue weighted by Gasteiger charge is -2.48. The Morgan fingerprint density at radius 3 is 1.43 bits per heavy atom. The summed E-state index contributed by atoms with van der Waals surface area (Å²) in [6.07, 6.45) is 0. The molecule has 7 aromatic rings. The third-order valence-electron chi connectivity index (χ3n) is 11.4. The highest BCUT2D eigenvalue weighted by atomic mass is 35.5. The molecule has 8 rings (SSSR count). The lowest BCUT2D eigenvalue weighted by atomic mass is 9.80. The number of amides is 2. The van der Waals surface area contributed by atoms with E-state index in [0.717, 1.165) is 27.2 Å². The summed E-state index contributed by atoms with van der Waals surface area (Å²) in [5.74, 6) is -1.52. The van der Waals surface area contributed by atoms with E-state index in [-0.39, 0.29) is 24.7 Å². The highest BCUT2D eigenvalue weighted by Gasteiger charge is 2.54. The molecular weight excluding hydrogens is 856 g/mol. The first kappa shape index (κ1) is 44.6. The standard InChI is InChI=1S/C55H46Cl2N2O6/c1-39(36-56)50(53(62)65-55(44-28-14-5-15-29-44,45-30-16-6-17-31-45)46-32-18-7-19-33-46)59-51(57)49(52(59)61)58-48(60)38-63-37-40-21-20-34-47(35-40)64-54(41-22-8-2-9-23-41,42-24-10-3-11-25-42)43-26-12-4-13-27-43/h2-35,49-51H,1,36-38H2,(H,58,60). The van der Waals surface area contributed by atoms with Crippen molar-refractivity contribution in [3.05, 3.63) is 257 Å². The highest BCUT2D eigenvalue weighted by Crippen LogP contribution is 2.43. The third-order valence-corrected chi connectivity index (χ3v) is 12.2. The molecule has 3 unspecified atom stereocenters. The number of hydrogen-bond donors (Lipinski definition) is 1. The molecule has 326 valence electrons. The third kappa shape index (κ3) is 9.20. The van der Waals surface area contributed by atoms with E-state index in [2.05, 4.69) is 48.3 Å². The van der Waals surface area contributed by atoms with Gasteiger partial charge in [0.1, 0.15) is 23.9 Å². The van der Waals surface area contributed by atoms with E-state index in [1.165, 1.54) is 0 Å². The maximum absolute atomic E-state index is 14.6. The molecule has 7 aromatic carbocycles. The first-order valence-electron chi connectivity index (χ1n) is 21.2. The van der Waals surface area contributed by atoms with E-state index in [4.69, 9.17) is 37.4 Å². The predicted octanol–water partition coefficient (Wildman–Crippen LogP) is 10.2. The van der Waals surface area contributed by atoms with Crippen LogP contribution in [0.25, 0.3) is 0 Å². The lowest BCUT2D eigenvalue weighted by Crippen LogP contribution is -2.72. The van der Waals surface area contributed by atoms with Crippen molar-refractivity contribution in [1.29, 1.82) is 0 Å². The zero-order chi connectivity index (χ0) is 45.2. The predicted molar refractivity (Wildman–Crippen MR) is 253 cm³/mol. The Morgan fingerprint density at radius 2 is 1.03 bits per heavy atom. The van der Waals surface area contributed by atoms with E-state index < -0.39 is 46.6 Å². The number of halogens is 2. The van der Waals surface area contributed by atoms with Gasteiger partial charge >= 0.3 is 5.97 Å². The summed E-state index contributed by atoms with van der Waals surface area (Å²) in [4.78, 5) is 42.9. The van der Waals surface area contributed by atoms with Crippen molar-refractivity contribution in [2.75, 3.05) is 12.5 Å². The molecule has 3 atom stereocenters. The van der Waals surface area contributed by atoms with Crippen molar-refractivity contribution in [2.45, 2.75) is 35.4 Å². The molecule has 10 heteroatoms. The van der Waals surface area contributed by atoms with Crippen LogP contribution in [-0.4, -0.2) is 52.8 Å². The molecule has 1 N–H and O–H groups in total.